The van der Waals surface area contributed by atoms with E-state index < -0.39 is 17.8 Å². The summed E-state index contributed by atoms with van der Waals surface area (Å²) >= 11 is 0. The highest BCUT2D eigenvalue weighted by Crippen LogP contribution is 2.30. The minimum atomic E-state index is -4.37. The summed E-state index contributed by atoms with van der Waals surface area (Å²) in [7, 11) is 1.80. The number of benzene rings is 2. The lowest BCUT2D eigenvalue weighted by Crippen LogP contribution is -3.12. The van der Waals surface area contributed by atoms with Gasteiger partial charge in [-0.05, 0) is 31.2 Å². The number of hydrogen-bond acceptors (Lipinski definition) is 2. The van der Waals surface area contributed by atoms with Gasteiger partial charge in [0, 0.05) is 5.56 Å². The molecule has 2 aromatic carbocycles. The Morgan fingerprint density at radius 2 is 1.82 bits per heavy atom. The summed E-state index contributed by atoms with van der Waals surface area (Å²) in [4.78, 5) is 27.2. The number of fused-ring (bicyclic) bond motifs is 1. The summed E-state index contributed by atoms with van der Waals surface area (Å²) in [6, 6.07) is 11.5. The SMILES string of the molecule is C[C@H](C(=O)N1CC(=O)Nc2ccccc21)[NH+](C)Cc1ccc(C(F)(F)F)cc1. The molecular formula is C20H21F3N3O2+. The molecule has 0 radical (unpaired) electrons. The van der Waals surface area contributed by atoms with Crippen LogP contribution in [0.25, 0.3) is 0 Å². The van der Waals surface area contributed by atoms with Gasteiger partial charge in [0.1, 0.15) is 13.1 Å². The van der Waals surface area contributed by atoms with E-state index in [2.05, 4.69) is 5.32 Å². The standard InChI is InChI=1S/C20H20F3N3O2/c1-13(25(2)11-14-7-9-15(10-8-14)20(21,22)23)19(28)26-12-18(27)24-16-5-3-4-6-17(16)26/h3-10,13H,11-12H2,1-2H3,(H,24,27)/p+1/t13-/m1/s1. The average Bonchev–Trinajstić information content (AvgIpc) is 2.65. The normalized spacial score (nSPS) is 16.2. The number of quaternary nitrogens is 1. The first-order chi connectivity index (χ1) is 13.2. The summed E-state index contributed by atoms with van der Waals surface area (Å²) in [5, 5.41) is 2.74. The van der Waals surface area contributed by atoms with Gasteiger partial charge < -0.3 is 10.2 Å². The molecule has 5 nitrogen and oxygen atoms in total. The fraction of sp³-hybridized carbons (Fsp3) is 0.300. The van der Waals surface area contributed by atoms with E-state index >= 15 is 0 Å². The molecule has 0 saturated heterocycles. The first-order valence-electron chi connectivity index (χ1n) is 8.85. The fourth-order valence-corrected chi connectivity index (χ4v) is 3.16. The van der Waals surface area contributed by atoms with Crippen LogP contribution < -0.4 is 15.1 Å². The third kappa shape index (κ3) is 4.17. The lowest BCUT2D eigenvalue weighted by Gasteiger charge is -2.32. The smallest absolute Gasteiger partial charge is 0.324 e. The predicted octanol–water partition coefficient (Wildman–Crippen LogP) is 2.09. The molecule has 148 valence electrons. The zero-order valence-corrected chi connectivity index (χ0v) is 15.5. The molecule has 3 rings (SSSR count). The number of amides is 2. The van der Waals surface area contributed by atoms with Crippen LogP contribution in [0, 0.1) is 0 Å². The van der Waals surface area contributed by atoms with Crippen LogP contribution in [0.4, 0.5) is 24.5 Å². The third-order valence-electron chi connectivity index (χ3n) is 4.91. The Kier molecular flexibility index (Phi) is 5.42. The zero-order chi connectivity index (χ0) is 20.5. The Bertz CT molecular complexity index is 881. The highest BCUT2D eigenvalue weighted by Gasteiger charge is 2.33. The van der Waals surface area contributed by atoms with Crippen molar-refractivity contribution in [2.24, 2.45) is 0 Å². The van der Waals surface area contributed by atoms with Gasteiger partial charge in [-0.2, -0.15) is 13.2 Å². The average molecular weight is 392 g/mol. The van der Waals surface area contributed by atoms with E-state index in [0.29, 0.717) is 23.5 Å². The molecule has 2 N–H and O–H groups in total. The summed E-state index contributed by atoms with van der Waals surface area (Å²) in [6.07, 6.45) is -4.37. The van der Waals surface area contributed by atoms with Gasteiger partial charge in [-0.3, -0.25) is 14.5 Å². The number of rotatable bonds is 4. The Labute approximate surface area is 160 Å². The number of likely N-dealkylation sites (N-methyl/N-ethyl adjacent to an activating group) is 1. The van der Waals surface area contributed by atoms with Gasteiger partial charge in [0.2, 0.25) is 5.91 Å². The number of alkyl halides is 3. The number of para-hydroxylation sites is 2. The first kappa shape index (κ1) is 19.9. The summed E-state index contributed by atoms with van der Waals surface area (Å²) in [6.45, 7) is 2.07. The van der Waals surface area contributed by atoms with Crippen molar-refractivity contribution in [3.05, 3.63) is 59.7 Å². The molecule has 28 heavy (non-hydrogen) atoms. The fourth-order valence-electron chi connectivity index (χ4n) is 3.16. The summed E-state index contributed by atoms with van der Waals surface area (Å²) < 4.78 is 38.1. The number of carbonyl (C=O) groups excluding carboxylic acids is 2. The first-order valence-corrected chi connectivity index (χ1v) is 8.85. The predicted molar refractivity (Wildman–Crippen MR) is 98.9 cm³/mol. The van der Waals surface area contributed by atoms with Crippen molar-refractivity contribution in [1.82, 2.24) is 0 Å². The molecule has 0 aromatic heterocycles. The van der Waals surface area contributed by atoms with E-state index in [1.165, 1.54) is 17.0 Å². The molecule has 2 amide bonds. The van der Waals surface area contributed by atoms with Gasteiger partial charge in [-0.15, -0.1) is 0 Å². The highest BCUT2D eigenvalue weighted by molar-refractivity contribution is 6.10. The van der Waals surface area contributed by atoms with Crippen LogP contribution in [0.2, 0.25) is 0 Å². The van der Waals surface area contributed by atoms with Crippen LogP contribution in [0.1, 0.15) is 18.1 Å². The minimum absolute atomic E-state index is 0.0618. The van der Waals surface area contributed by atoms with Crippen molar-refractivity contribution in [2.75, 3.05) is 23.8 Å². The molecule has 1 aliphatic heterocycles. The second kappa shape index (κ2) is 7.63. The van der Waals surface area contributed by atoms with Crippen molar-refractivity contribution >= 4 is 23.2 Å². The molecule has 2 atom stereocenters. The van der Waals surface area contributed by atoms with Crippen molar-refractivity contribution in [2.45, 2.75) is 25.7 Å². The lowest BCUT2D eigenvalue weighted by molar-refractivity contribution is -0.908. The molecule has 1 aliphatic rings. The van der Waals surface area contributed by atoms with E-state index in [0.717, 1.165) is 17.0 Å². The van der Waals surface area contributed by atoms with Crippen LogP contribution >= 0.6 is 0 Å². The van der Waals surface area contributed by atoms with E-state index in [1.807, 2.05) is 0 Å². The summed E-state index contributed by atoms with van der Waals surface area (Å²) in [5.41, 5.74) is 1.22. The second-order valence-electron chi connectivity index (χ2n) is 6.93. The molecule has 1 heterocycles. The molecule has 2 aromatic rings. The van der Waals surface area contributed by atoms with Crippen molar-refractivity contribution < 1.29 is 27.7 Å². The number of hydrogen-bond donors (Lipinski definition) is 2. The minimum Gasteiger partial charge on any atom is -0.324 e. The topological polar surface area (TPSA) is 53.9 Å². The quantitative estimate of drug-likeness (QED) is 0.837. The maximum Gasteiger partial charge on any atom is 0.416 e. The van der Waals surface area contributed by atoms with Crippen LogP contribution in [0.5, 0.6) is 0 Å². The Morgan fingerprint density at radius 1 is 1.18 bits per heavy atom. The highest BCUT2D eigenvalue weighted by atomic mass is 19.4. The molecule has 0 spiro atoms. The number of halogens is 3. The van der Waals surface area contributed by atoms with Gasteiger partial charge in [0.05, 0.1) is 24.0 Å². The van der Waals surface area contributed by atoms with E-state index in [4.69, 9.17) is 0 Å². The van der Waals surface area contributed by atoms with E-state index in [1.54, 1.807) is 38.2 Å². The number of nitrogens with one attached hydrogen (secondary N) is 2. The van der Waals surface area contributed by atoms with E-state index in [9.17, 15) is 22.8 Å². The Morgan fingerprint density at radius 3 is 2.46 bits per heavy atom. The molecule has 0 saturated carbocycles. The summed E-state index contributed by atoms with van der Waals surface area (Å²) in [5.74, 6) is -0.480. The van der Waals surface area contributed by atoms with Crippen LogP contribution in [-0.4, -0.2) is 31.4 Å². The number of carbonyl (C=O) groups is 2. The number of nitrogens with zero attached hydrogens (tertiary/aromatic N) is 1. The van der Waals surface area contributed by atoms with Gasteiger partial charge in [0.15, 0.2) is 6.04 Å². The Hall–Kier alpha value is -2.87. The van der Waals surface area contributed by atoms with Crippen LogP contribution in [0.15, 0.2) is 48.5 Å². The van der Waals surface area contributed by atoms with Crippen molar-refractivity contribution in [3.63, 3.8) is 0 Å². The monoisotopic (exact) mass is 392 g/mol. The van der Waals surface area contributed by atoms with Gasteiger partial charge in [-0.1, -0.05) is 24.3 Å². The van der Waals surface area contributed by atoms with Crippen LogP contribution in [0.3, 0.4) is 0 Å². The largest absolute Gasteiger partial charge is 0.416 e. The van der Waals surface area contributed by atoms with Crippen molar-refractivity contribution in [1.29, 1.82) is 0 Å². The molecule has 0 bridgehead atoms. The van der Waals surface area contributed by atoms with Gasteiger partial charge in [-0.25, -0.2) is 0 Å². The number of anilines is 2. The molecule has 8 heteroatoms. The molecule has 1 unspecified atom stereocenters. The third-order valence-corrected chi connectivity index (χ3v) is 4.91. The molecule has 0 fully saturated rings. The Balaban J connectivity index is 1.72. The maximum absolute atomic E-state index is 13.0. The molecule has 0 aliphatic carbocycles. The maximum atomic E-state index is 13.0. The van der Waals surface area contributed by atoms with Crippen molar-refractivity contribution in [3.8, 4) is 0 Å². The van der Waals surface area contributed by atoms with Crippen LogP contribution in [-0.2, 0) is 22.3 Å². The lowest BCUT2D eigenvalue weighted by atomic mass is 10.1. The van der Waals surface area contributed by atoms with E-state index in [-0.39, 0.29) is 18.4 Å². The zero-order valence-electron chi connectivity index (χ0n) is 15.5. The van der Waals surface area contributed by atoms with Gasteiger partial charge in [0.25, 0.3) is 5.91 Å². The molecular weight excluding hydrogens is 371 g/mol. The second-order valence-corrected chi connectivity index (χ2v) is 6.93. The van der Waals surface area contributed by atoms with Gasteiger partial charge >= 0.3 is 6.18 Å².